The number of amides is 3. The van der Waals surface area contributed by atoms with Gasteiger partial charge in [0.25, 0.3) is 0 Å². The van der Waals surface area contributed by atoms with Gasteiger partial charge in [-0.15, -0.1) is 0 Å². The number of hydrogen-bond acceptors (Lipinski definition) is 6. The monoisotopic (exact) mass is 206 g/mol. The van der Waals surface area contributed by atoms with E-state index in [4.69, 9.17) is 0 Å². The van der Waals surface area contributed by atoms with E-state index in [1.54, 1.807) is 10.9 Å². The fourth-order valence-corrected chi connectivity index (χ4v) is 0.248. The van der Waals surface area contributed by atoms with Crippen LogP contribution in [0.25, 0.3) is 0 Å². The minimum atomic E-state index is -0.571. The van der Waals surface area contributed by atoms with Crippen LogP contribution in [0.1, 0.15) is 13.3 Å². The highest BCUT2D eigenvalue weighted by Crippen LogP contribution is 1.73. The lowest BCUT2D eigenvalue weighted by molar-refractivity contribution is -0.129. The second-order valence-corrected chi connectivity index (χ2v) is 2.01. The van der Waals surface area contributed by atoms with Crippen molar-refractivity contribution in [3.63, 3.8) is 0 Å². The predicted octanol–water partition coefficient (Wildman–Crippen LogP) is -3.65. The molecule has 0 aliphatic rings. The van der Waals surface area contributed by atoms with Gasteiger partial charge in [0.15, 0.2) is 0 Å². The molecule has 0 aliphatic carbocycles. The fraction of sp³-hybridized carbons (Fsp3) is 0.400. The lowest BCUT2D eigenvalue weighted by Gasteiger charge is -1.95. The Kier molecular flexibility index (Phi) is 9.91. The Bertz CT molecular complexity index is 192. The highest BCUT2D eigenvalue weighted by molar-refractivity contribution is 5.96. The smallest absolute Gasteiger partial charge is 0.243 e. The predicted molar refractivity (Wildman–Crippen MR) is 47.3 cm³/mol. The maximum atomic E-state index is 10.2. The summed E-state index contributed by atoms with van der Waals surface area (Å²) in [6, 6.07) is 0. The molecule has 0 saturated heterocycles. The van der Waals surface area contributed by atoms with Gasteiger partial charge in [0.1, 0.15) is 6.42 Å². The van der Waals surface area contributed by atoms with Crippen molar-refractivity contribution in [1.29, 1.82) is 0 Å². The van der Waals surface area contributed by atoms with Crippen molar-refractivity contribution in [2.75, 3.05) is 0 Å². The molecule has 9 heteroatoms. The van der Waals surface area contributed by atoms with Crippen LogP contribution in [0.15, 0.2) is 0 Å². The lowest BCUT2D eigenvalue weighted by Crippen LogP contribution is -2.37. The van der Waals surface area contributed by atoms with Crippen LogP contribution < -0.4 is 33.8 Å². The van der Waals surface area contributed by atoms with Gasteiger partial charge < -0.3 is 0 Å². The highest BCUT2D eigenvalue weighted by Gasteiger charge is 2.03. The summed E-state index contributed by atoms with van der Waals surface area (Å²) in [5.74, 6) is 12.5. The third-order valence-electron chi connectivity index (χ3n) is 0.846. The molecule has 0 unspecified atom stereocenters. The second-order valence-electron chi connectivity index (χ2n) is 2.01. The zero-order chi connectivity index (χ0) is 11.6. The van der Waals surface area contributed by atoms with Gasteiger partial charge in [0.2, 0.25) is 17.7 Å². The van der Waals surface area contributed by atoms with Gasteiger partial charge in [0.05, 0.1) is 0 Å². The van der Waals surface area contributed by atoms with Crippen LogP contribution in [0.5, 0.6) is 0 Å². The third kappa shape index (κ3) is 12.9. The van der Waals surface area contributed by atoms with Crippen molar-refractivity contribution < 1.29 is 14.4 Å². The number of rotatable bonds is 2. The Hall–Kier alpha value is -1.71. The van der Waals surface area contributed by atoms with E-state index in [-0.39, 0.29) is 12.3 Å². The standard InChI is InChI=1S/C3H8N4O2.C2H6N2O/c4-6-2(8)1-3(9)7-5;1-2(5)4-3/h1,4-5H2,(H,6,8)(H,7,9);3H2,1H3,(H,4,5). The molecule has 14 heavy (non-hydrogen) atoms. The quantitative estimate of drug-likeness (QED) is 0.118. The Morgan fingerprint density at radius 1 is 0.929 bits per heavy atom. The van der Waals surface area contributed by atoms with Crippen LogP contribution in [-0.4, -0.2) is 17.7 Å². The molecule has 0 aromatic rings. The molecule has 0 spiro atoms. The van der Waals surface area contributed by atoms with Crippen LogP contribution in [0.2, 0.25) is 0 Å². The summed E-state index contributed by atoms with van der Waals surface area (Å²) in [5.41, 5.74) is 5.44. The summed E-state index contributed by atoms with van der Waals surface area (Å²) < 4.78 is 0. The first-order valence-corrected chi connectivity index (χ1v) is 3.44. The van der Waals surface area contributed by atoms with Gasteiger partial charge >= 0.3 is 0 Å². The van der Waals surface area contributed by atoms with Crippen LogP contribution in [-0.2, 0) is 14.4 Å². The van der Waals surface area contributed by atoms with E-state index in [2.05, 4.69) is 17.5 Å². The normalized spacial score (nSPS) is 7.71. The Labute approximate surface area is 80.3 Å². The number of nitrogens with one attached hydrogen (secondary N) is 3. The average Bonchev–Trinajstić information content (AvgIpc) is 2.18. The van der Waals surface area contributed by atoms with Crippen LogP contribution in [0, 0.1) is 0 Å². The zero-order valence-corrected chi connectivity index (χ0v) is 7.66. The summed E-state index contributed by atoms with van der Waals surface area (Å²) in [6.45, 7) is 1.35. The van der Waals surface area contributed by atoms with E-state index < -0.39 is 11.8 Å². The fourth-order valence-electron chi connectivity index (χ4n) is 0.248. The van der Waals surface area contributed by atoms with Crippen LogP contribution in [0.3, 0.4) is 0 Å². The first kappa shape index (κ1) is 14.8. The SMILES string of the molecule is CC(=O)NN.NNC(=O)CC(=O)NN. The molecular formula is C5H14N6O3. The maximum absolute atomic E-state index is 10.2. The first-order chi connectivity index (χ1) is 6.47. The number of hydrazine groups is 3. The van der Waals surface area contributed by atoms with Crippen molar-refractivity contribution in [3.8, 4) is 0 Å². The molecule has 0 fully saturated rings. The minimum absolute atomic E-state index is 0.218. The molecule has 3 amide bonds. The van der Waals surface area contributed by atoms with E-state index in [1.807, 2.05) is 5.43 Å². The number of nitrogens with two attached hydrogens (primary N) is 3. The largest absolute Gasteiger partial charge is 0.295 e. The molecule has 0 bridgehead atoms. The van der Waals surface area contributed by atoms with E-state index in [1.165, 1.54) is 6.92 Å². The Balaban J connectivity index is 0. The van der Waals surface area contributed by atoms with Gasteiger partial charge in [-0.1, -0.05) is 0 Å². The van der Waals surface area contributed by atoms with Crippen LogP contribution in [0.4, 0.5) is 0 Å². The van der Waals surface area contributed by atoms with Crippen molar-refractivity contribution in [2.24, 2.45) is 17.5 Å². The summed E-state index contributed by atoms with van der Waals surface area (Å²) in [7, 11) is 0. The van der Waals surface area contributed by atoms with E-state index in [0.717, 1.165) is 0 Å². The summed E-state index contributed by atoms with van der Waals surface area (Å²) in [4.78, 5) is 30.0. The lowest BCUT2D eigenvalue weighted by atomic mass is 10.4. The molecule has 82 valence electrons. The van der Waals surface area contributed by atoms with Crippen molar-refractivity contribution in [3.05, 3.63) is 0 Å². The van der Waals surface area contributed by atoms with Gasteiger partial charge in [0, 0.05) is 6.92 Å². The number of carbonyl (C=O) groups is 3. The van der Waals surface area contributed by atoms with Gasteiger partial charge in [-0.2, -0.15) is 0 Å². The Morgan fingerprint density at radius 3 is 1.36 bits per heavy atom. The molecule has 0 aliphatic heterocycles. The molecule has 0 aromatic heterocycles. The third-order valence-corrected chi connectivity index (χ3v) is 0.846. The molecule has 9 nitrogen and oxygen atoms in total. The zero-order valence-electron chi connectivity index (χ0n) is 7.66. The minimum Gasteiger partial charge on any atom is -0.295 e. The molecule has 0 aromatic carbocycles. The van der Waals surface area contributed by atoms with Crippen molar-refractivity contribution in [2.45, 2.75) is 13.3 Å². The summed E-state index contributed by atoms with van der Waals surface area (Å²) >= 11 is 0. The second kappa shape index (κ2) is 9.38. The van der Waals surface area contributed by atoms with E-state index in [0.29, 0.717) is 0 Å². The van der Waals surface area contributed by atoms with E-state index in [9.17, 15) is 14.4 Å². The van der Waals surface area contributed by atoms with Gasteiger partial charge in [-0.05, 0) is 0 Å². The average molecular weight is 206 g/mol. The number of hydrogen-bond donors (Lipinski definition) is 6. The molecule has 0 atom stereocenters. The Morgan fingerprint density at radius 2 is 1.21 bits per heavy atom. The molecule has 0 radical (unpaired) electrons. The molecule has 0 rings (SSSR count). The van der Waals surface area contributed by atoms with Gasteiger partial charge in [-0.25, -0.2) is 17.5 Å². The molecule has 9 N–H and O–H groups in total. The molecule has 0 saturated carbocycles. The summed E-state index contributed by atoms with van der Waals surface area (Å²) in [5, 5.41) is 0. The summed E-state index contributed by atoms with van der Waals surface area (Å²) in [6.07, 6.45) is -0.340. The van der Waals surface area contributed by atoms with Crippen molar-refractivity contribution in [1.82, 2.24) is 16.3 Å². The van der Waals surface area contributed by atoms with Crippen molar-refractivity contribution >= 4 is 17.7 Å². The van der Waals surface area contributed by atoms with E-state index >= 15 is 0 Å². The molecular weight excluding hydrogens is 192 g/mol. The molecule has 0 heterocycles. The first-order valence-electron chi connectivity index (χ1n) is 3.44. The topological polar surface area (TPSA) is 165 Å². The maximum Gasteiger partial charge on any atom is 0.243 e. The highest BCUT2D eigenvalue weighted by atomic mass is 16.2. The van der Waals surface area contributed by atoms with Crippen LogP contribution >= 0.6 is 0 Å². The number of carbonyl (C=O) groups excluding carboxylic acids is 3. The van der Waals surface area contributed by atoms with Gasteiger partial charge in [-0.3, -0.25) is 30.7 Å².